The molecule has 0 aliphatic carbocycles. The summed E-state index contributed by atoms with van der Waals surface area (Å²) < 4.78 is 33.6. The van der Waals surface area contributed by atoms with E-state index >= 15 is 0 Å². The quantitative estimate of drug-likeness (QED) is 0.107. The first-order valence-corrected chi connectivity index (χ1v) is 16.9. The average molecular weight is 690 g/mol. The maximum absolute atomic E-state index is 14.7. The molecule has 4 rings (SSSR count). The number of hydrogen-bond acceptors (Lipinski definition) is 10. The van der Waals surface area contributed by atoms with Crippen LogP contribution in [0.15, 0.2) is 84.9 Å². The van der Waals surface area contributed by atoms with Crippen LogP contribution < -0.4 is 4.74 Å². The van der Waals surface area contributed by atoms with E-state index in [1.807, 2.05) is 84.9 Å². The van der Waals surface area contributed by atoms with Crippen molar-refractivity contribution in [1.29, 1.82) is 0 Å². The predicted octanol–water partition coefficient (Wildman–Crippen LogP) is 5.99. The standard InChI is InChI=1S/C39H47NO10/c1-7-45-34(41)25-40(36(43)39(37(44)46-8-2)47-26-33(49-39)35(42)50-38(4,5)6)27(3)32(24-19-28-15-11-9-12-16-28)29-20-22-31(23-21-29)48-30-17-13-10-14-18-30/h9-18,20-23,27,32-33H,7-8,19,24-26H2,1-6H3/t27-,32+,33+,39?/m1/s1. The molecule has 3 aromatic rings. The van der Waals surface area contributed by atoms with Crippen molar-refractivity contribution in [2.45, 2.75) is 83.8 Å². The molecule has 1 aliphatic rings. The van der Waals surface area contributed by atoms with Crippen molar-refractivity contribution in [3.63, 3.8) is 0 Å². The molecular weight excluding hydrogens is 642 g/mol. The lowest BCUT2D eigenvalue weighted by Crippen LogP contribution is -2.60. The van der Waals surface area contributed by atoms with E-state index in [2.05, 4.69) is 0 Å². The molecule has 0 radical (unpaired) electrons. The molecule has 3 aromatic carbocycles. The molecule has 1 unspecified atom stereocenters. The van der Waals surface area contributed by atoms with Crippen LogP contribution in [0.4, 0.5) is 0 Å². The van der Waals surface area contributed by atoms with E-state index in [4.69, 9.17) is 28.4 Å². The van der Waals surface area contributed by atoms with Crippen molar-refractivity contribution in [3.8, 4) is 11.5 Å². The summed E-state index contributed by atoms with van der Waals surface area (Å²) in [6.07, 6.45) is -0.185. The number of benzene rings is 3. The number of esters is 3. The molecule has 1 aliphatic heterocycles. The van der Waals surface area contributed by atoms with Crippen molar-refractivity contribution in [2.24, 2.45) is 0 Å². The lowest BCUT2D eigenvalue weighted by molar-refractivity contribution is -0.220. The van der Waals surface area contributed by atoms with Crippen LogP contribution in [0.2, 0.25) is 0 Å². The fraction of sp³-hybridized carbons (Fsp3) is 0.436. The van der Waals surface area contributed by atoms with E-state index in [9.17, 15) is 19.2 Å². The summed E-state index contributed by atoms with van der Waals surface area (Å²) in [6, 6.07) is 26.1. The minimum absolute atomic E-state index is 0.0757. The second kappa shape index (κ2) is 17.3. The first-order chi connectivity index (χ1) is 23.9. The van der Waals surface area contributed by atoms with Crippen molar-refractivity contribution < 1.29 is 47.6 Å². The molecule has 1 amide bonds. The van der Waals surface area contributed by atoms with Gasteiger partial charge in [-0.25, -0.2) is 9.59 Å². The van der Waals surface area contributed by atoms with Crippen LogP contribution in [0, 0.1) is 0 Å². The fourth-order valence-electron chi connectivity index (χ4n) is 5.69. The Morgan fingerprint density at radius 1 is 0.860 bits per heavy atom. The zero-order valence-electron chi connectivity index (χ0n) is 29.6. The van der Waals surface area contributed by atoms with Crippen LogP contribution >= 0.6 is 0 Å². The number of aryl methyl sites for hydroxylation is 1. The van der Waals surface area contributed by atoms with Crippen molar-refractivity contribution in [2.75, 3.05) is 26.4 Å². The summed E-state index contributed by atoms with van der Waals surface area (Å²) in [5.74, 6) is -5.34. The number of amides is 1. The Balaban J connectivity index is 1.72. The first kappa shape index (κ1) is 38.1. The molecular formula is C39H47NO10. The topological polar surface area (TPSA) is 127 Å². The maximum Gasteiger partial charge on any atom is 0.377 e. The molecule has 1 heterocycles. The van der Waals surface area contributed by atoms with E-state index in [1.54, 1.807) is 41.5 Å². The molecule has 0 saturated carbocycles. The molecule has 4 atom stereocenters. The van der Waals surface area contributed by atoms with Crippen LogP contribution in [-0.2, 0) is 49.3 Å². The Morgan fingerprint density at radius 3 is 2.06 bits per heavy atom. The van der Waals surface area contributed by atoms with E-state index < -0.39 is 60.5 Å². The van der Waals surface area contributed by atoms with E-state index in [1.165, 1.54) is 4.90 Å². The smallest absolute Gasteiger partial charge is 0.377 e. The summed E-state index contributed by atoms with van der Waals surface area (Å²) >= 11 is 0. The van der Waals surface area contributed by atoms with Gasteiger partial charge in [0.25, 0.3) is 5.91 Å². The monoisotopic (exact) mass is 689 g/mol. The van der Waals surface area contributed by atoms with Gasteiger partial charge in [0.1, 0.15) is 23.6 Å². The third-order valence-electron chi connectivity index (χ3n) is 8.06. The normalized spacial score (nSPS) is 18.4. The van der Waals surface area contributed by atoms with Gasteiger partial charge in [-0.3, -0.25) is 9.59 Å². The third-order valence-corrected chi connectivity index (χ3v) is 8.06. The summed E-state index contributed by atoms with van der Waals surface area (Å²) in [5.41, 5.74) is 1.08. The van der Waals surface area contributed by atoms with Gasteiger partial charge in [0.2, 0.25) is 0 Å². The van der Waals surface area contributed by atoms with E-state index in [0.29, 0.717) is 24.3 Å². The lowest BCUT2D eigenvalue weighted by Gasteiger charge is -2.38. The second-order valence-corrected chi connectivity index (χ2v) is 12.9. The Hall–Kier alpha value is -4.74. The molecule has 0 N–H and O–H groups in total. The zero-order chi connectivity index (χ0) is 36.3. The number of para-hydroxylation sites is 1. The molecule has 0 aromatic heterocycles. The number of nitrogens with zero attached hydrogens (tertiary/aromatic N) is 1. The highest BCUT2D eigenvalue weighted by Gasteiger charge is 2.61. The molecule has 0 spiro atoms. The van der Waals surface area contributed by atoms with Crippen LogP contribution in [0.5, 0.6) is 11.5 Å². The largest absolute Gasteiger partial charge is 0.465 e. The molecule has 50 heavy (non-hydrogen) atoms. The maximum atomic E-state index is 14.7. The minimum Gasteiger partial charge on any atom is -0.465 e. The average Bonchev–Trinajstić information content (AvgIpc) is 3.55. The van der Waals surface area contributed by atoms with Gasteiger partial charge in [-0.05, 0) is 89.8 Å². The molecule has 268 valence electrons. The van der Waals surface area contributed by atoms with Gasteiger partial charge in [-0.2, -0.15) is 0 Å². The zero-order valence-corrected chi connectivity index (χ0v) is 29.6. The highest BCUT2D eigenvalue weighted by Crippen LogP contribution is 2.35. The van der Waals surface area contributed by atoms with Gasteiger partial charge in [0.05, 0.1) is 19.8 Å². The van der Waals surface area contributed by atoms with Crippen LogP contribution in [0.1, 0.15) is 65.0 Å². The van der Waals surface area contributed by atoms with Crippen LogP contribution in [-0.4, -0.2) is 78.6 Å². The van der Waals surface area contributed by atoms with Gasteiger partial charge in [0, 0.05) is 12.0 Å². The Bertz CT molecular complexity index is 1570. The van der Waals surface area contributed by atoms with Gasteiger partial charge in [0.15, 0.2) is 6.10 Å². The summed E-state index contributed by atoms with van der Waals surface area (Å²) in [5, 5.41) is 0. The number of hydrogen-bond donors (Lipinski definition) is 0. The first-order valence-electron chi connectivity index (χ1n) is 16.9. The highest BCUT2D eigenvalue weighted by atomic mass is 16.8. The number of rotatable bonds is 15. The second-order valence-electron chi connectivity index (χ2n) is 12.9. The molecule has 11 nitrogen and oxygen atoms in total. The van der Waals surface area contributed by atoms with Gasteiger partial charge in [-0.15, -0.1) is 0 Å². The van der Waals surface area contributed by atoms with Gasteiger partial charge < -0.3 is 33.3 Å². The van der Waals surface area contributed by atoms with Crippen LogP contribution in [0.25, 0.3) is 0 Å². The van der Waals surface area contributed by atoms with Gasteiger partial charge in [-0.1, -0.05) is 60.7 Å². The Kier molecular flexibility index (Phi) is 13.1. The Labute approximate surface area is 293 Å². The Morgan fingerprint density at radius 2 is 1.46 bits per heavy atom. The van der Waals surface area contributed by atoms with Gasteiger partial charge >= 0.3 is 23.7 Å². The fourth-order valence-corrected chi connectivity index (χ4v) is 5.69. The van der Waals surface area contributed by atoms with Crippen molar-refractivity contribution in [3.05, 3.63) is 96.1 Å². The van der Waals surface area contributed by atoms with Crippen molar-refractivity contribution in [1.82, 2.24) is 4.90 Å². The molecule has 11 heteroatoms. The van der Waals surface area contributed by atoms with E-state index in [-0.39, 0.29) is 19.1 Å². The third kappa shape index (κ3) is 9.92. The minimum atomic E-state index is -2.66. The molecule has 1 saturated heterocycles. The lowest BCUT2D eigenvalue weighted by atomic mass is 9.85. The number of carbonyl (C=O) groups excluding carboxylic acids is 4. The number of carbonyl (C=O) groups is 4. The highest BCUT2D eigenvalue weighted by molar-refractivity contribution is 6.06. The molecule has 0 bridgehead atoms. The van der Waals surface area contributed by atoms with Crippen LogP contribution in [0.3, 0.4) is 0 Å². The summed E-state index contributed by atoms with van der Waals surface area (Å²) in [7, 11) is 0. The SMILES string of the molecule is CCOC(=O)CN(C(=O)C1(C(=O)OCC)OC[C@@H](C(=O)OC(C)(C)C)O1)[C@H](C)[C@H](CCc1ccccc1)c1ccc(Oc2ccccc2)cc1. The number of ether oxygens (including phenoxy) is 6. The summed E-state index contributed by atoms with van der Waals surface area (Å²) in [4.78, 5) is 55.5. The van der Waals surface area contributed by atoms with Crippen molar-refractivity contribution >= 4 is 23.8 Å². The van der Waals surface area contributed by atoms with E-state index in [0.717, 1.165) is 11.1 Å². The predicted molar refractivity (Wildman–Crippen MR) is 184 cm³/mol. The molecule has 1 fully saturated rings. The summed E-state index contributed by atoms with van der Waals surface area (Å²) in [6.45, 7) is 9.09.